The molecule has 0 bridgehead atoms. The van der Waals surface area contributed by atoms with Gasteiger partial charge in [-0.3, -0.25) is 4.79 Å². The van der Waals surface area contributed by atoms with Crippen LogP contribution in [0, 0.1) is 0 Å². The lowest BCUT2D eigenvalue weighted by Crippen LogP contribution is -2.35. The zero-order valence-corrected chi connectivity index (χ0v) is 15.1. The van der Waals surface area contributed by atoms with Crippen LogP contribution in [0.25, 0.3) is 0 Å². The molecule has 1 N–H and O–H groups in total. The van der Waals surface area contributed by atoms with Gasteiger partial charge in [0, 0.05) is 19.2 Å². The lowest BCUT2D eigenvalue weighted by molar-refractivity contribution is -0.117. The molecule has 0 radical (unpaired) electrons. The van der Waals surface area contributed by atoms with Gasteiger partial charge in [-0.2, -0.15) is 0 Å². The number of carbonyl (C=O) groups excluding carboxylic acids is 1. The predicted octanol–water partition coefficient (Wildman–Crippen LogP) is 3.22. The largest absolute Gasteiger partial charge is 0.474 e. The molecule has 1 aliphatic heterocycles. The van der Waals surface area contributed by atoms with Crippen LogP contribution in [0.4, 0.5) is 5.69 Å². The van der Waals surface area contributed by atoms with E-state index in [1.165, 1.54) is 5.56 Å². The summed E-state index contributed by atoms with van der Waals surface area (Å²) in [6, 6.07) is 11.9. The van der Waals surface area contributed by atoms with E-state index < -0.39 is 0 Å². The van der Waals surface area contributed by atoms with Crippen molar-refractivity contribution in [2.75, 3.05) is 25.5 Å². The second kappa shape index (κ2) is 7.46. The highest BCUT2D eigenvalue weighted by atomic mass is 16.5. The molecule has 1 amide bonds. The van der Waals surface area contributed by atoms with Crippen LogP contribution in [0.2, 0.25) is 0 Å². The van der Waals surface area contributed by atoms with Gasteiger partial charge in [-0.25, -0.2) is 4.98 Å². The van der Waals surface area contributed by atoms with E-state index >= 15 is 0 Å². The maximum Gasteiger partial charge on any atom is 0.231 e. The fourth-order valence-corrected chi connectivity index (χ4v) is 3.86. The summed E-state index contributed by atoms with van der Waals surface area (Å²) in [4.78, 5) is 19.3. The van der Waals surface area contributed by atoms with Gasteiger partial charge >= 0.3 is 0 Å². The number of aromatic nitrogens is 1. The molecule has 2 aliphatic rings. The van der Waals surface area contributed by atoms with Crippen molar-refractivity contribution in [3.05, 3.63) is 53.7 Å². The Labute approximate surface area is 154 Å². The van der Waals surface area contributed by atoms with Crippen molar-refractivity contribution in [1.82, 2.24) is 9.88 Å². The molecule has 5 nitrogen and oxygen atoms in total. The van der Waals surface area contributed by atoms with Gasteiger partial charge in [-0.1, -0.05) is 24.3 Å². The van der Waals surface area contributed by atoms with Crippen LogP contribution in [0.5, 0.6) is 5.88 Å². The summed E-state index contributed by atoms with van der Waals surface area (Å²) >= 11 is 0. The number of rotatable bonds is 4. The number of pyridine rings is 1. The first kappa shape index (κ1) is 17.0. The van der Waals surface area contributed by atoms with Crippen LogP contribution in [-0.2, 0) is 11.2 Å². The first-order valence-electron chi connectivity index (χ1n) is 9.39. The Morgan fingerprint density at radius 3 is 2.73 bits per heavy atom. The van der Waals surface area contributed by atoms with Crippen LogP contribution in [0.3, 0.4) is 0 Å². The number of amides is 1. The van der Waals surface area contributed by atoms with Crippen molar-refractivity contribution >= 4 is 11.6 Å². The summed E-state index contributed by atoms with van der Waals surface area (Å²) < 4.78 is 5.96. The molecular weight excluding hydrogens is 326 g/mol. The Bertz CT molecular complexity index is 767. The number of hydrogen-bond donors (Lipinski definition) is 1. The van der Waals surface area contributed by atoms with Gasteiger partial charge in [0.15, 0.2) is 0 Å². The van der Waals surface area contributed by atoms with Crippen LogP contribution in [-0.4, -0.2) is 42.0 Å². The molecule has 1 atom stereocenters. The monoisotopic (exact) mass is 351 g/mol. The third-order valence-corrected chi connectivity index (χ3v) is 5.41. The van der Waals surface area contributed by atoms with Crippen molar-refractivity contribution in [2.45, 2.75) is 37.7 Å². The number of benzene rings is 1. The van der Waals surface area contributed by atoms with Gasteiger partial charge in [0.05, 0.1) is 17.8 Å². The average molecular weight is 351 g/mol. The van der Waals surface area contributed by atoms with Crippen molar-refractivity contribution in [3.8, 4) is 5.88 Å². The summed E-state index contributed by atoms with van der Waals surface area (Å²) in [5, 5.41) is 3.00. The third kappa shape index (κ3) is 3.73. The number of piperidine rings is 1. The smallest absolute Gasteiger partial charge is 0.231 e. The number of fused-ring (bicyclic) bond motifs is 1. The fourth-order valence-electron chi connectivity index (χ4n) is 3.86. The Morgan fingerprint density at radius 1 is 1.15 bits per heavy atom. The molecule has 0 spiro atoms. The molecule has 2 heterocycles. The molecule has 0 unspecified atom stereocenters. The fraction of sp³-hybridized carbons (Fsp3) is 0.429. The zero-order valence-electron chi connectivity index (χ0n) is 15.1. The summed E-state index contributed by atoms with van der Waals surface area (Å²) in [5.41, 5.74) is 3.16. The molecule has 5 heteroatoms. The summed E-state index contributed by atoms with van der Waals surface area (Å²) in [6.07, 6.45) is 5.80. The molecule has 0 saturated carbocycles. The van der Waals surface area contributed by atoms with Crippen molar-refractivity contribution in [3.63, 3.8) is 0 Å². The Hall–Kier alpha value is -2.40. The lowest BCUT2D eigenvalue weighted by Gasteiger charge is -2.28. The number of nitrogens with one attached hydrogen (secondary N) is 1. The van der Waals surface area contributed by atoms with Gasteiger partial charge in [0.1, 0.15) is 6.10 Å². The van der Waals surface area contributed by atoms with Gasteiger partial charge in [-0.15, -0.1) is 0 Å². The average Bonchev–Trinajstić information content (AvgIpc) is 3.09. The van der Waals surface area contributed by atoms with Crippen molar-refractivity contribution < 1.29 is 9.53 Å². The van der Waals surface area contributed by atoms with E-state index in [1.54, 1.807) is 6.20 Å². The quantitative estimate of drug-likeness (QED) is 0.919. The molecule has 1 saturated heterocycles. The number of likely N-dealkylation sites (tertiary alicyclic amines) is 1. The van der Waals surface area contributed by atoms with E-state index in [-0.39, 0.29) is 17.9 Å². The SMILES string of the molecule is CN1CCC(Oc2ccc(NC(=O)[C@@H]3CCc4ccccc43)cn2)CC1. The van der Waals surface area contributed by atoms with Gasteiger partial charge in [0.2, 0.25) is 11.8 Å². The molecule has 136 valence electrons. The summed E-state index contributed by atoms with van der Waals surface area (Å²) in [7, 11) is 2.13. The highest BCUT2D eigenvalue weighted by molar-refractivity contribution is 5.96. The van der Waals surface area contributed by atoms with Crippen LogP contribution in [0.1, 0.15) is 36.3 Å². The van der Waals surface area contributed by atoms with E-state index in [0.29, 0.717) is 5.88 Å². The Morgan fingerprint density at radius 2 is 1.96 bits per heavy atom. The number of carbonyl (C=O) groups is 1. The minimum atomic E-state index is -0.0682. The number of aryl methyl sites for hydroxylation is 1. The number of anilines is 1. The standard InChI is InChI=1S/C21H25N3O2/c1-24-12-10-17(11-13-24)26-20-9-7-16(14-22-20)23-21(25)19-8-6-15-4-2-3-5-18(15)19/h2-5,7,9,14,17,19H,6,8,10-13H2,1H3,(H,23,25)/t19-/m1/s1. The van der Waals surface area contributed by atoms with Gasteiger partial charge in [-0.05, 0) is 49.9 Å². The maximum atomic E-state index is 12.6. The summed E-state index contributed by atoms with van der Waals surface area (Å²) in [6.45, 7) is 2.11. The van der Waals surface area contributed by atoms with Crippen molar-refractivity contribution in [2.24, 2.45) is 0 Å². The summed E-state index contributed by atoms with van der Waals surface area (Å²) in [5.74, 6) is 0.603. The Balaban J connectivity index is 1.35. The molecule has 4 rings (SSSR count). The van der Waals surface area contributed by atoms with Gasteiger partial charge < -0.3 is 15.0 Å². The first-order valence-corrected chi connectivity index (χ1v) is 9.39. The van der Waals surface area contributed by atoms with E-state index in [4.69, 9.17) is 4.74 Å². The van der Waals surface area contributed by atoms with Crippen LogP contribution < -0.4 is 10.1 Å². The minimum absolute atomic E-state index is 0.0423. The van der Waals surface area contributed by atoms with E-state index in [0.717, 1.165) is 50.0 Å². The van der Waals surface area contributed by atoms with Crippen molar-refractivity contribution in [1.29, 1.82) is 0 Å². The zero-order chi connectivity index (χ0) is 17.9. The topological polar surface area (TPSA) is 54.5 Å². The molecule has 2 aromatic rings. The lowest BCUT2D eigenvalue weighted by atomic mass is 10.0. The van der Waals surface area contributed by atoms with E-state index in [9.17, 15) is 4.79 Å². The Kier molecular flexibility index (Phi) is 4.89. The minimum Gasteiger partial charge on any atom is -0.474 e. The van der Waals surface area contributed by atoms with E-state index in [2.05, 4.69) is 34.4 Å². The molecule has 1 aromatic carbocycles. The second-order valence-electron chi connectivity index (χ2n) is 7.28. The third-order valence-electron chi connectivity index (χ3n) is 5.41. The molecule has 1 aliphatic carbocycles. The van der Waals surface area contributed by atoms with Gasteiger partial charge in [0.25, 0.3) is 0 Å². The highest BCUT2D eigenvalue weighted by Gasteiger charge is 2.28. The predicted molar refractivity (Wildman–Crippen MR) is 102 cm³/mol. The maximum absolute atomic E-state index is 12.6. The second-order valence-corrected chi connectivity index (χ2v) is 7.28. The van der Waals surface area contributed by atoms with Crippen LogP contribution in [0.15, 0.2) is 42.6 Å². The van der Waals surface area contributed by atoms with E-state index in [1.807, 2.05) is 24.3 Å². The first-order chi connectivity index (χ1) is 12.7. The number of hydrogen-bond acceptors (Lipinski definition) is 4. The number of ether oxygens (including phenoxy) is 1. The normalized spacial score (nSPS) is 20.6. The van der Waals surface area contributed by atoms with Crippen LogP contribution >= 0.6 is 0 Å². The highest BCUT2D eigenvalue weighted by Crippen LogP contribution is 2.33. The molecule has 26 heavy (non-hydrogen) atoms. The molecule has 1 fully saturated rings. The molecular formula is C21H25N3O2. The molecule has 1 aromatic heterocycles. The number of nitrogens with zero attached hydrogens (tertiary/aromatic N) is 2.